The molecule has 1 aromatic heterocycles. The van der Waals surface area contributed by atoms with Gasteiger partial charge in [0.25, 0.3) is 0 Å². The molecule has 2 amide bonds. The van der Waals surface area contributed by atoms with Gasteiger partial charge in [-0.2, -0.15) is 5.10 Å². The number of anilines is 2. The van der Waals surface area contributed by atoms with Crippen molar-refractivity contribution in [2.75, 3.05) is 10.6 Å². The van der Waals surface area contributed by atoms with Gasteiger partial charge in [-0.25, -0.2) is 0 Å². The Morgan fingerprint density at radius 3 is 2.90 bits per heavy atom. The lowest BCUT2D eigenvalue weighted by Crippen LogP contribution is -2.43. The van der Waals surface area contributed by atoms with Crippen molar-refractivity contribution in [3.63, 3.8) is 0 Å². The molecule has 0 aliphatic carbocycles. The second-order valence-corrected chi connectivity index (χ2v) is 5.37. The maximum atomic E-state index is 12.5. The molecule has 2 aliphatic heterocycles. The van der Waals surface area contributed by atoms with Crippen LogP contribution in [0, 0.1) is 0 Å². The molecule has 7 heteroatoms. The van der Waals surface area contributed by atoms with E-state index >= 15 is 0 Å². The molecule has 1 aromatic carbocycles. The molecule has 3 N–H and O–H groups in total. The molecule has 0 fully saturated rings. The number of benzene rings is 1. The summed E-state index contributed by atoms with van der Waals surface area (Å²) in [7, 11) is 0. The highest BCUT2D eigenvalue weighted by Gasteiger charge is 2.53. The maximum Gasteiger partial charge on any atom is 0.240 e. The summed E-state index contributed by atoms with van der Waals surface area (Å²) in [6.07, 6.45) is 1.61. The van der Waals surface area contributed by atoms with Gasteiger partial charge in [0.05, 0.1) is 6.20 Å². The number of nitrogens with one attached hydrogen (secondary N) is 3. The van der Waals surface area contributed by atoms with E-state index in [1.165, 1.54) is 0 Å². The highest BCUT2D eigenvalue weighted by atomic mass is 35.5. The van der Waals surface area contributed by atoms with Crippen LogP contribution in [0.2, 0.25) is 5.02 Å². The first kappa shape index (κ1) is 11.5. The van der Waals surface area contributed by atoms with Crippen LogP contribution >= 0.6 is 11.6 Å². The Bertz CT molecular complexity index is 769. The van der Waals surface area contributed by atoms with Crippen LogP contribution in [0.25, 0.3) is 0 Å². The Kier molecular flexibility index (Phi) is 2.07. The Labute approximate surface area is 118 Å². The fourth-order valence-electron chi connectivity index (χ4n) is 3.00. The van der Waals surface area contributed by atoms with Crippen molar-refractivity contribution in [1.29, 1.82) is 0 Å². The van der Waals surface area contributed by atoms with Crippen LogP contribution in [0.1, 0.15) is 17.5 Å². The smallest absolute Gasteiger partial charge is 0.240 e. The number of carbonyl (C=O) groups excluding carboxylic acids is 2. The summed E-state index contributed by atoms with van der Waals surface area (Å²) in [4.78, 5) is 24.5. The molecule has 100 valence electrons. The van der Waals surface area contributed by atoms with E-state index in [0.29, 0.717) is 27.7 Å². The van der Waals surface area contributed by atoms with Gasteiger partial charge in [-0.1, -0.05) is 11.6 Å². The van der Waals surface area contributed by atoms with Gasteiger partial charge in [-0.3, -0.25) is 14.7 Å². The van der Waals surface area contributed by atoms with Gasteiger partial charge in [0.15, 0.2) is 0 Å². The number of amides is 2. The number of fused-ring (bicyclic) bond motifs is 4. The monoisotopic (exact) mass is 288 g/mol. The average molecular weight is 289 g/mol. The van der Waals surface area contributed by atoms with Gasteiger partial charge in [0.2, 0.25) is 11.8 Å². The molecule has 6 nitrogen and oxygen atoms in total. The van der Waals surface area contributed by atoms with Crippen molar-refractivity contribution < 1.29 is 9.59 Å². The van der Waals surface area contributed by atoms with E-state index in [9.17, 15) is 9.59 Å². The van der Waals surface area contributed by atoms with Crippen LogP contribution in [0.15, 0.2) is 24.4 Å². The molecule has 4 rings (SSSR count). The third kappa shape index (κ3) is 1.26. The van der Waals surface area contributed by atoms with Crippen LogP contribution in [0.4, 0.5) is 11.5 Å². The summed E-state index contributed by atoms with van der Waals surface area (Å²) in [5.74, 6) is 0.00113. The lowest BCUT2D eigenvalue weighted by molar-refractivity contribution is -0.125. The minimum atomic E-state index is -1.05. The largest absolute Gasteiger partial charge is 0.325 e. The van der Waals surface area contributed by atoms with E-state index < -0.39 is 5.41 Å². The number of aromatic amines is 1. The fraction of sp³-hybridized carbons (Fsp3) is 0.154. The van der Waals surface area contributed by atoms with E-state index in [1.54, 1.807) is 24.4 Å². The minimum Gasteiger partial charge on any atom is -0.325 e. The molecule has 20 heavy (non-hydrogen) atoms. The maximum absolute atomic E-state index is 12.5. The van der Waals surface area contributed by atoms with E-state index in [-0.39, 0.29) is 18.2 Å². The van der Waals surface area contributed by atoms with E-state index in [2.05, 4.69) is 20.8 Å². The number of rotatable bonds is 0. The molecular weight excluding hydrogens is 280 g/mol. The molecule has 1 atom stereocenters. The number of aromatic nitrogens is 2. The molecule has 2 aromatic rings. The quantitative estimate of drug-likeness (QED) is 0.689. The van der Waals surface area contributed by atoms with Crippen molar-refractivity contribution >= 4 is 34.9 Å². The Morgan fingerprint density at radius 2 is 2.05 bits per heavy atom. The third-order valence-corrected chi connectivity index (χ3v) is 4.10. The summed E-state index contributed by atoms with van der Waals surface area (Å²) in [5, 5.41) is 12.7. The standard InChI is InChI=1S/C13H9ClN4O2/c14-6-1-2-9-7(3-6)13(12(20)16-9)4-10(19)17-11-8(13)5-15-18-11/h1-3,5H,4H2,(H,16,20)(H2,15,17,18,19)/t13-/m0/s1. The third-order valence-electron chi connectivity index (χ3n) is 3.87. The zero-order valence-electron chi connectivity index (χ0n) is 10.2. The fourth-order valence-corrected chi connectivity index (χ4v) is 3.17. The predicted octanol–water partition coefficient (Wildman–Crippen LogP) is 1.64. The number of carbonyl (C=O) groups is 2. The second kappa shape index (κ2) is 3.61. The molecule has 1 spiro atoms. The molecule has 3 heterocycles. The van der Waals surface area contributed by atoms with Crippen molar-refractivity contribution in [2.24, 2.45) is 0 Å². The van der Waals surface area contributed by atoms with E-state index in [0.717, 1.165) is 0 Å². The van der Waals surface area contributed by atoms with Crippen LogP contribution in [-0.4, -0.2) is 22.0 Å². The molecule has 0 bridgehead atoms. The normalized spacial score (nSPS) is 23.2. The molecule has 0 radical (unpaired) electrons. The highest BCUT2D eigenvalue weighted by molar-refractivity contribution is 6.31. The summed E-state index contributed by atoms with van der Waals surface area (Å²) >= 11 is 6.05. The Balaban J connectivity index is 2.05. The van der Waals surface area contributed by atoms with Crippen molar-refractivity contribution in [1.82, 2.24) is 10.2 Å². The number of H-pyrrole nitrogens is 1. The zero-order valence-corrected chi connectivity index (χ0v) is 10.9. The summed E-state index contributed by atoms with van der Waals surface area (Å²) in [5.41, 5.74) is 1.01. The first-order valence-electron chi connectivity index (χ1n) is 6.06. The van der Waals surface area contributed by atoms with E-state index in [1.807, 2.05) is 0 Å². The first-order chi connectivity index (χ1) is 9.61. The van der Waals surface area contributed by atoms with Crippen LogP contribution in [0.5, 0.6) is 0 Å². The summed E-state index contributed by atoms with van der Waals surface area (Å²) < 4.78 is 0. The van der Waals surface area contributed by atoms with Crippen molar-refractivity contribution in [3.8, 4) is 0 Å². The Hall–Kier alpha value is -2.34. The number of hydrogen-bond acceptors (Lipinski definition) is 3. The van der Waals surface area contributed by atoms with Crippen LogP contribution in [-0.2, 0) is 15.0 Å². The molecule has 0 saturated carbocycles. The van der Waals surface area contributed by atoms with Gasteiger partial charge in [0.1, 0.15) is 11.2 Å². The predicted molar refractivity (Wildman–Crippen MR) is 72.7 cm³/mol. The van der Waals surface area contributed by atoms with Gasteiger partial charge in [-0.15, -0.1) is 0 Å². The van der Waals surface area contributed by atoms with Crippen LogP contribution in [0.3, 0.4) is 0 Å². The zero-order chi connectivity index (χ0) is 13.9. The topological polar surface area (TPSA) is 86.9 Å². The SMILES string of the molecule is O=C1C[C@@]2(C(=O)Nc3ccc(Cl)cc32)c2cn[nH]c2N1. The highest BCUT2D eigenvalue weighted by Crippen LogP contribution is 2.49. The van der Waals surface area contributed by atoms with Crippen molar-refractivity contribution in [2.45, 2.75) is 11.8 Å². The summed E-state index contributed by atoms with van der Waals surface area (Å²) in [6, 6.07) is 5.18. The average Bonchev–Trinajstić information content (AvgIpc) is 2.96. The molecule has 2 aliphatic rings. The van der Waals surface area contributed by atoms with Gasteiger partial charge < -0.3 is 10.6 Å². The Morgan fingerprint density at radius 1 is 1.20 bits per heavy atom. The summed E-state index contributed by atoms with van der Waals surface area (Å²) in [6.45, 7) is 0. The number of halogens is 1. The molecule has 0 unspecified atom stereocenters. The second-order valence-electron chi connectivity index (χ2n) is 4.93. The molecular formula is C13H9ClN4O2. The minimum absolute atomic E-state index is 0.0404. The first-order valence-corrected chi connectivity index (χ1v) is 6.44. The van der Waals surface area contributed by atoms with Gasteiger partial charge in [0, 0.05) is 22.7 Å². The van der Waals surface area contributed by atoms with E-state index in [4.69, 9.17) is 11.6 Å². The van der Waals surface area contributed by atoms with Gasteiger partial charge >= 0.3 is 0 Å². The molecule has 0 saturated heterocycles. The lowest BCUT2D eigenvalue weighted by Gasteiger charge is -2.30. The van der Waals surface area contributed by atoms with Crippen LogP contribution < -0.4 is 10.6 Å². The lowest BCUT2D eigenvalue weighted by atomic mass is 9.72. The van der Waals surface area contributed by atoms with Gasteiger partial charge in [-0.05, 0) is 23.8 Å². The number of hydrogen-bond donors (Lipinski definition) is 3. The van der Waals surface area contributed by atoms with Crippen molar-refractivity contribution in [3.05, 3.63) is 40.5 Å². The number of nitrogens with zero attached hydrogens (tertiary/aromatic N) is 1.